The molecule has 0 saturated heterocycles. The van der Waals surface area contributed by atoms with Crippen LogP contribution in [0.1, 0.15) is 23.6 Å². The van der Waals surface area contributed by atoms with Crippen molar-refractivity contribution < 1.29 is 19.0 Å². The molecule has 5 nitrogen and oxygen atoms in total. The Morgan fingerprint density at radius 3 is 2.24 bits per heavy atom. The number of ether oxygens (including phenoxy) is 3. The topological polar surface area (TPSA) is 57.1 Å². The molecule has 190 valence electrons. The zero-order chi connectivity index (χ0) is 26.5. The van der Waals surface area contributed by atoms with Crippen LogP contribution >= 0.6 is 31.9 Å². The molecule has 0 fully saturated rings. The van der Waals surface area contributed by atoms with Crippen LogP contribution in [0.2, 0.25) is 0 Å². The molecule has 1 heterocycles. The van der Waals surface area contributed by atoms with Gasteiger partial charge in [-0.2, -0.15) is 0 Å². The lowest BCUT2D eigenvalue weighted by atomic mass is 10.0. The highest BCUT2D eigenvalue weighted by molar-refractivity contribution is 9.10. The van der Waals surface area contributed by atoms with Gasteiger partial charge in [0.25, 0.3) is 0 Å². The van der Waals surface area contributed by atoms with Crippen LogP contribution in [0.4, 0.5) is 0 Å². The highest BCUT2D eigenvalue weighted by atomic mass is 79.9. The summed E-state index contributed by atoms with van der Waals surface area (Å²) < 4.78 is 19.1. The molecule has 0 unspecified atom stereocenters. The van der Waals surface area contributed by atoms with E-state index in [9.17, 15) is 4.79 Å². The molecule has 0 amide bonds. The first-order chi connectivity index (χ1) is 18.5. The highest BCUT2D eigenvalue weighted by Crippen LogP contribution is 2.38. The molecule has 0 atom stereocenters. The summed E-state index contributed by atoms with van der Waals surface area (Å²) >= 11 is 7.15. The van der Waals surface area contributed by atoms with Crippen molar-refractivity contribution in [3.05, 3.63) is 122 Å². The van der Waals surface area contributed by atoms with E-state index in [1.807, 2.05) is 85.8 Å². The number of aliphatic imine (C=N–C) groups is 1. The van der Waals surface area contributed by atoms with E-state index < -0.39 is 5.97 Å². The minimum atomic E-state index is -0.504. The van der Waals surface area contributed by atoms with E-state index in [0.29, 0.717) is 29.2 Å². The summed E-state index contributed by atoms with van der Waals surface area (Å²) in [5.74, 6) is 0.920. The molecule has 0 spiro atoms. The number of hydrogen-bond donors (Lipinski definition) is 0. The summed E-state index contributed by atoms with van der Waals surface area (Å²) in [5.41, 5.74) is 4.87. The summed E-state index contributed by atoms with van der Waals surface area (Å²) in [6.07, 6.45) is 1.68. The van der Waals surface area contributed by atoms with E-state index in [2.05, 4.69) is 49.0 Å². The van der Waals surface area contributed by atoms with Crippen LogP contribution < -0.4 is 9.47 Å². The number of nitrogens with zero attached hydrogens (tertiary/aromatic N) is 1. The molecule has 38 heavy (non-hydrogen) atoms. The number of benzene rings is 4. The van der Waals surface area contributed by atoms with Gasteiger partial charge in [0.2, 0.25) is 5.90 Å². The Bertz CT molecular complexity index is 1530. The lowest BCUT2D eigenvalue weighted by molar-refractivity contribution is -0.129. The fourth-order valence-corrected chi connectivity index (χ4v) is 4.94. The average molecular weight is 633 g/mol. The zero-order valence-electron chi connectivity index (χ0n) is 20.5. The molecule has 0 radical (unpaired) electrons. The monoisotopic (exact) mass is 631 g/mol. The van der Waals surface area contributed by atoms with Crippen LogP contribution in [0, 0.1) is 0 Å². The van der Waals surface area contributed by atoms with Gasteiger partial charge in [-0.25, -0.2) is 9.79 Å². The predicted molar refractivity (Wildman–Crippen MR) is 156 cm³/mol. The van der Waals surface area contributed by atoms with E-state index in [0.717, 1.165) is 32.3 Å². The normalized spacial score (nSPS) is 13.8. The Kier molecular flexibility index (Phi) is 8.05. The number of cyclic esters (lactones) is 1. The van der Waals surface area contributed by atoms with Crippen molar-refractivity contribution in [1.29, 1.82) is 0 Å². The molecule has 0 aliphatic carbocycles. The second-order valence-electron chi connectivity index (χ2n) is 8.42. The number of carbonyl (C=O) groups excluding carboxylic acids is 1. The maximum Gasteiger partial charge on any atom is 0.363 e. The number of hydrogen-bond acceptors (Lipinski definition) is 5. The second kappa shape index (κ2) is 11.8. The summed E-state index contributed by atoms with van der Waals surface area (Å²) in [7, 11) is 0. The van der Waals surface area contributed by atoms with Gasteiger partial charge in [-0.3, -0.25) is 0 Å². The van der Waals surface area contributed by atoms with Crippen molar-refractivity contribution in [1.82, 2.24) is 0 Å². The SMILES string of the molecule is CCOc1cc(/C=C2\N=C(c3ccc(-c4ccccc4)cc3)OC2=O)cc(Br)c1OCc1ccccc1Br. The molecular formula is C31H23Br2NO4. The van der Waals surface area contributed by atoms with E-state index in [4.69, 9.17) is 14.2 Å². The quantitative estimate of drug-likeness (QED) is 0.145. The Hall–Kier alpha value is -3.68. The van der Waals surface area contributed by atoms with Gasteiger partial charge < -0.3 is 14.2 Å². The van der Waals surface area contributed by atoms with Gasteiger partial charge in [0.05, 0.1) is 11.1 Å². The van der Waals surface area contributed by atoms with Gasteiger partial charge in [-0.15, -0.1) is 0 Å². The van der Waals surface area contributed by atoms with Crippen molar-refractivity contribution in [2.45, 2.75) is 13.5 Å². The van der Waals surface area contributed by atoms with E-state index >= 15 is 0 Å². The van der Waals surface area contributed by atoms with Crippen LogP contribution in [0.5, 0.6) is 11.5 Å². The van der Waals surface area contributed by atoms with Crippen LogP contribution in [0.25, 0.3) is 17.2 Å². The van der Waals surface area contributed by atoms with Crippen LogP contribution in [0.3, 0.4) is 0 Å². The summed E-state index contributed by atoms with van der Waals surface area (Å²) in [6, 6.07) is 29.4. The number of carbonyl (C=O) groups is 1. The lowest BCUT2D eigenvalue weighted by Gasteiger charge is -2.15. The first-order valence-electron chi connectivity index (χ1n) is 12.0. The maximum absolute atomic E-state index is 12.6. The van der Waals surface area contributed by atoms with Crippen molar-refractivity contribution in [2.75, 3.05) is 6.61 Å². The molecule has 7 heteroatoms. The predicted octanol–water partition coefficient (Wildman–Crippen LogP) is 8.20. The molecule has 1 aliphatic heterocycles. The third-order valence-corrected chi connectivity index (χ3v) is 7.19. The number of esters is 1. The van der Waals surface area contributed by atoms with Crippen LogP contribution in [0.15, 0.2) is 111 Å². The fraction of sp³-hybridized carbons (Fsp3) is 0.0968. The van der Waals surface area contributed by atoms with Crippen molar-refractivity contribution in [3.63, 3.8) is 0 Å². The molecule has 5 rings (SSSR count). The smallest absolute Gasteiger partial charge is 0.363 e. The molecule has 0 saturated carbocycles. The number of rotatable bonds is 8. The summed E-state index contributed by atoms with van der Waals surface area (Å²) in [6.45, 7) is 2.73. The van der Waals surface area contributed by atoms with E-state index in [1.54, 1.807) is 6.08 Å². The first kappa shape index (κ1) is 25.9. The Labute approximate surface area is 238 Å². The molecule has 4 aromatic carbocycles. The van der Waals surface area contributed by atoms with E-state index in [1.165, 1.54) is 0 Å². The molecule has 0 N–H and O–H groups in total. The van der Waals surface area contributed by atoms with Crippen LogP contribution in [-0.4, -0.2) is 18.5 Å². The summed E-state index contributed by atoms with van der Waals surface area (Å²) in [5, 5.41) is 0. The van der Waals surface area contributed by atoms with Gasteiger partial charge in [-0.1, -0.05) is 76.6 Å². The molecular weight excluding hydrogens is 610 g/mol. The van der Waals surface area contributed by atoms with Crippen LogP contribution in [-0.2, 0) is 16.1 Å². The Morgan fingerprint density at radius 2 is 1.50 bits per heavy atom. The second-order valence-corrected chi connectivity index (χ2v) is 10.1. The third-order valence-electron chi connectivity index (χ3n) is 5.82. The maximum atomic E-state index is 12.6. The minimum Gasteiger partial charge on any atom is -0.490 e. The van der Waals surface area contributed by atoms with E-state index in [-0.39, 0.29) is 11.6 Å². The zero-order valence-corrected chi connectivity index (χ0v) is 23.7. The van der Waals surface area contributed by atoms with Crippen molar-refractivity contribution in [3.8, 4) is 22.6 Å². The third kappa shape index (κ3) is 5.90. The Balaban J connectivity index is 1.38. The molecule has 0 aromatic heterocycles. The Morgan fingerprint density at radius 1 is 0.816 bits per heavy atom. The standard InChI is InChI=1S/C31H23Br2NO4/c1-2-36-28-18-20(16-26(33)29(28)37-19-24-10-6-7-11-25(24)32)17-27-31(35)38-30(34-27)23-14-12-22(13-15-23)21-8-4-3-5-9-21/h3-18H,2,19H2,1H3/b27-17-. The highest BCUT2D eigenvalue weighted by Gasteiger charge is 2.24. The fourth-order valence-electron chi connectivity index (χ4n) is 3.97. The minimum absolute atomic E-state index is 0.211. The van der Waals surface area contributed by atoms with Crippen molar-refractivity contribution >= 4 is 49.8 Å². The van der Waals surface area contributed by atoms with Gasteiger partial charge in [0.15, 0.2) is 17.2 Å². The molecule has 4 aromatic rings. The van der Waals surface area contributed by atoms with Gasteiger partial charge in [0.1, 0.15) is 6.61 Å². The van der Waals surface area contributed by atoms with Crippen molar-refractivity contribution in [2.24, 2.45) is 4.99 Å². The molecule has 0 bridgehead atoms. The largest absolute Gasteiger partial charge is 0.490 e. The van der Waals surface area contributed by atoms with Gasteiger partial charge >= 0.3 is 5.97 Å². The van der Waals surface area contributed by atoms with Gasteiger partial charge in [0, 0.05) is 15.6 Å². The summed E-state index contributed by atoms with van der Waals surface area (Å²) in [4.78, 5) is 17.1. The van der Waals surface area contributed by atoms with Gasteiger partial charge in [-0.05, 0) is 76.0 Å². The number of halogens is 2. The lowest BCUT2D eigenvalue weighted by Crippen LogP contribution is -2.05. The first-order valence-corrected chi connectivity index (χ1v) is 13.6. The average Bonchev–Trinajstić information content (AvgIpc) is 3.29. The molecule has 1 aliphatic rings.